The lowest BCUT2D eigenvalue weighted by Gasteiger charge is -2.03. The summed E-state index contributed by atoms with van der Waals surface area (Å²) >= 11 is 0. The van der Waals surface area contributed by atoms with E-state index in [1.54, 1.807) is 6.20 Å². The van der Waals surface area contributed by atoms with Crippen molar-refractivity contribution in [2.24, 2.45) is 0 Å². The predicted octanol–water partition coefficient (Wildman–Crippen LogP) is 2.52. The molecule has 2 heterocycles. The van der Waals surface area contributed by atoms with E-state index in [-0.39, 0.29) is 0 Å². The van der Waals surface area contributed by atoms with Crippen LogP contribution in [-0.2, 0) is 0 Å². The van der Waals surface area contributed by atoms with E-state index >= 15 is 0 Å². The summed E-state index contributed by atoms with van der Waals surface area (Å²) in [5.74, 6) is 0.764. The molecule has 0 bridgehead atoms. The number of fused-ring (bicyclic) bond motifs is 1. The third kappa shape index (κ3) is 1.63. The first-order valence-corrected chi connectivity index (χ1v) is 5.41. The van der Waals surface area contributed by atoms with Crippen LogP contribution in [0.2, 0.25) is 0 Å². The van der Waals surface area contributed by atoms with Crippen molar-refractivity contribution in [3.05, 3.63) is 42.1 Å². The third-order valence-electron chi connectivity index (χ3n) is 2.72. The number of aryl methyl sites for hydroxylation is 1. The van der Waals surface area contributed by atoms with Crippen molar-refractivity contribution in [3.8, 4) is 11.4 Å². The van der Waals surface area contributed by atoms with Crippen molar-refractivity contribution < 1.29 is 0 Å². The molecule has 0 unspecified atom stereocenters. The highest BCUT2D eigenvalue weighted by Gasteiger charge is 2.08. The molecule has 0 spiro atoms. The third-order valence-corrected chi connectivity index (χ3v) is 2.72. The van der Waals surface area contributed by atoms with Gasteiger partial charge in [-0.3, -0.25) is 0 Å². The summed E-state index contributed by atoms with van der Waals surface area (Å²) in [6.45, 7) is 2.03. The number of anilines is 1. The largest absolute Gasteiger partial charge is 0.398 e. The molecule has 0 atom stereocenters. The number of imidazole rings is 1. The first kappa shape index (κ1) is 9.84. The molecular formula is C13H12N4. The van der Waals surface area contributed by atoms with Crippen LogP contribution in [0.4, 0.5) is 5.69 Å². The number of nitrogens with two attached hydrogens (primary N) is 1. The fraction of sp³-hybridized carbons (Fsp3) is 0.0769. The number of aromatic amines is 1. The first-order chi connectivity index (χ1) is 8.24. The molecule has 84 valence electrons. The van der Waals surface area contributed by atoms with Gasteiger partial charge in [0.1, 0.15) is 5.82 Å². The average molecular weight is 224 g/mol. The Bertz CT molecular complexity index is 652. The number of aromatic nitrogens is 3. The molecule has 0 aliphatic heterocycles. The van der Waals surface area contributed by atoms with E-state index < -0.39 is 0 Å². The number of nitrogens with zero attached hydrogens (tertiary/aromatic N) is 2. The summed E-state index contributed by atoms with van der Waals surface area (Å²) < 4.78 is 0. The minimum atomic E-state index is 0.711. The van der Waals surface area contributed by atoms with Gasteiger partial charge in [0.2, 0.25) is 0 Å². The van der Waals surface area contributed by atoms with Crippen LogP contribution in [0.1, 0.15) is 5.56 Å². The van der Waals surface area contributed by atoms with Crippen molar-refractivity contribution in [2.45, 2.75) is 6.92 Å². The number of H-pyrrole nitrogens is 1. The molecule has 17 heavy (non-hydrogen) atoms. The highest BCUT2D eigenvalue weighted by Crippen LogP contribution is 2.25. The summed E-state index contributed by atoms with van der Waals surface area (Å²) in [7, 11) is 0. The highest BCUT2D eigenvalue weighted by atomic mass is 15.0. The Kier molecular flexibility index (Phi) is 2.08. The lowest BCUT2D eigenvalue weighted by molar-refractivity contribution is 1.30. The summed E-state index contributed by atoms with van der Waals surface area (Å²) in [6, 6.07) is 9.73. The maximum Gasteiger partial charge on any atom is 0.178 e. The quantitative estimate of drug-likeness (QED) is 0.624. The van der Waals surface area contributed by atoms with E-state index in [2.05, 4.69) is 15.0 Å². The van der Waals surface area contributed by atoms with Crippen molar-refractivity contribution >= 4 is 16.9 Å². The van der Waals surface area contributed by atoms with Crippen LogP contribution in [0, 0.1) is 6.92 Å². The number of nitrogen functional groups attached to an aromatic ring is 1. The molecule has 4 heteroatoms. The normalized spacial score (nSPS) is 10.9. The predicted molar refractivity (Wildman–Crippen MR) is 68.5 cm³/mol. The van der Waals surface area contributed by atoms with Crippen LogP contribution in [0.15, 0.2) is 36.5 Å². The molecule has 0 aliphatic carbocycles. The molecule has 0 amide bonds. The topological polar surface area (TPSA) is 67.6 Å². The number of nitrogens with one attached hydrogen (secondary N) is 1. The fourth-order valence-corrected chi connectivity index (χ4v) is 1.85. The van der Waals surface area contributed by atoms with E-state index in [0.717, 1.165) is 28.2 Å². The van der Waals surface area contributed by atoms with Crippen LogP contribution in [0.25, 0.3) is 22.6 Å². The number of pyridine rings is 1. The van der Waals surface area contributed by atoms with Crippen molar-refractivity contribution in [1.82, 2.24) is 15.0 Å². The fourth-order valence-electron chi connectivity index (χ4n) is 1.85. The van der Waals surface area contributed by atoms with Gasteiger partial charge in [0.15, 0.2) is 5.65 Å². The summed E-state index contributed by atoms with van der Waals surface area (Å²) in [4.78, 5) is 11.9. The molecular weight excluding hydrogens is 212 g/mol. The Labute approximate surface area is 98.5 Å². The Balaban J connectivity index is 2.23. The molecule has 2 aromatic heterocycles. The Hall–Kier alpha value is -2.36. The molecule has 3 N–H and O–H groups in total. The second-order valence-corrected chi connectivity index (χ2v) is 4.05. The van der Waals surface area contributed by atoms with Crippen LogP contribution < -0.4 is 5.73 Å². The summed E-state index contributed by atoms with van der Waals surface area (Å²) in [5.41, 5.74) is 10.4. The lowest BCUT2D eigenvalue weighted by Crippen LogP contribution is -1.91. The second-order valence-electron chi connectivity index (χ2n) is 4.05. The summed E-state index contributed by atoms with van der Waals surface area (Å²) in [5, 5.41) is 0. The molecule has 1 aromatic carbocycles. The smallest absolute Gasteiger partial charge is 0.178 e. The molecule has 0 aliphatic rings. The Morgan fingerprint density at radius 2 is 2.12 bits per heavy atom. The number of hydrogen-bond donors (Lipinski definition) is 2. The van der Waals surface area contributed by atoms with Crippen LogP contribution >= 0.6 is 0 Å². The van der Waals surface area contributed by atoms with Gasteiger partial charge in [0.05, 0.1) is 5.52 Å². The zero-order chi connectivity index (χ0) is 11.8. The van der Waals surface area contributed by atoms with Gasteiger partial charge in [-0.25, -0.2) is 9.97 Å². The van der Waals surface area contributed by atoms with E-state index in [0.29, 0.717) is 5.65 Å². The number of benzene rings is 1. The minimum Gasteiger partial charge on any atom is -0.398 e. The summed E-state index contributed by atoms with van der Waals surface area (Å²) in [6.07, 6.45) is 1.73. The van der Waals surface area contributed by atoms with Gasteiger partial charge in [0.25, 0.3) is 0 Å². The van der Waals surface area contributed by atoms with Gasteiger partial charge in [-0.1, -0.05) is 11.6 Å². The van der Waals surface area contributed by atoms with Gasteiger partial charge in [-0.05, 0) is 31.2 Å². The van der Waals surface area contributed by atoms with Gasteiger partial charge in [-0.2, -0.15) is 0 Å². The monoisotopic (exact) mass is 224 g/mol. The van der Waals surface area contributed by atoms with Gasteiger partial charge < -0.3 is 10.7 Å². The average Bonchev–Trinajstić information content (AvgIpc) is 2.75. The molecule has 0 fully saturated rings. The van der Waals surface area contributed by atoms with E-state index in [1.807, 2.05) is 37.3 Å². The Morgan fingerprint density at radius 1 is 1.24 bits per heavy atom. The standard InChI is InChI=1S/C13H12N4/c1-8-4-5-10(14)9(7-8)12-16-11-3-2-6-15-13(11)17-12/h2-7H,14H2,1H3,(H,15,16,17). The maximum atomic E-state index is 5.96. The van der Waals surface area contributed by atoms with E-state index in [9.17, 15) is 0 Å². The molecule has 0 saturated carbocycles. The van der Waals surface area contributed by atoms with Crippen LogP contribution in [0.5, 0.6) is 0 Å². The van der Waals surface area contributed by atoms with Crippen molar-refractivity contribution in [2.75, 3.05) is 5.73 Å². The molecule has 0 saturated heterocycles. The SMILES string of the molecule is Cc1ccc(N)c(-c2nc3ncccc3[nH]2)c1. The number of rotatable bonds is 1. The lowest BCUT2D eigenvalue weighted by atomic mass is 10.1. The zero-order valence-corrected chi connectivity index (χ0v) is 9.44. The second kappa shape index (κ2) is 3.59. The number of hydrogen-bond acceptors (Lipinski definition) is 3. The highest BCUT2D eigenvalue weighted by molar-refractivity contribution is 5.80. The first-order valence-electron chi connectivity index (χ1n) is 5.41. The van der Waals surface area contributed by atoms with Crippen LogP contribution in [0.3, 0.4) is 0 Å². The molecule has 3 rings (SSSR count). The maximum absolute atomic E-state index is 5.96. The Morgan fingerprint density at radius 3 is 2.94 bits per heavy atom. The minimum absolute atomic E-state index is 0.711. The van der Waals surface area contributed by atoms with Crippen LogP contribution in [-0.4, -0.2) is 15.0 Å². The molecule has 3 aromatic rings. The van der Waals surface area contributed by atoms with Gasteiger partial charge in [0, 0.05) is 17.4 Å². The molecule has 4 nitrogen and oxygen atoms in total. The van der Waals surface area contributed by atoms with Crippen molar-refractivity contribution in [1.29, 1.82) is 0 Å². The van der Waals surface area contributed by atoms with Gasteiger partial charge >= 0.3 is 0 Å². The molecule has 0 radical (unpaired) electrons. The van der Waals surface area contributed by atoms with E-state index in [4.69, 9.17) is 5.73 Å². The van der Waals surface area contributed by atoms with Crippen molar-refractivity contribution in [3.63, 3.8) is 0 Å². The van der Waals surface area contributed by atoms with E-state index in [1.165, 1.54) is 0 Å². The zero-order valence-electron chi connectivity index (χ0n) is 9.44. The van der Waals surface area contributed by atoms with Gasteiger partial charge in [-0.15, -0.1) is 0 Å².